The second kappa shape index (κ2) is 9.68. The van der Waals surface area contributed by atoms with Crippen molar-refractivity contribution >= 4 is 28.5 Å². The van der Waals surface area contributed by atoms with Gasteiger partial charge in [-0.2, -0.15) is 0 Å². The first-order valence-electron chi connectivity index (χ1n) is 10.4. The lowest BCUT2D eigenvalue weighted by Gasteiger charge is -2.33. The Morgan fingerprint density at radius 2 is 1.62 bits per heavy atom. The molecule has 0 N–H and O–H groups in total. The summed E-state index contributed by atoms with van der Waals surface area (Å²) >= 11 is 0. The van der Waals surface area contributed by atoms with Gasteiger partial charge in [-0.05, 0) is 43.0 Å². The monoisotopic (exact) mass is 396 g/mol. The summed E-state index contributed by atoms with van der Waals surface area (Å²) in [4.78, 5) is 38.5. The summed E-state index contributed by atoms with van der Waals surface area (Å²) < 4.78 is 10.5. The molecule has 1 aliphatic rings. The predicted octanol–water partition coefficient (Wildman–Crippen LogP) is 4.43. The molecule has 0 aliphatic heterocycles. The third-order valence-electron chi connectivity index (χ3n) is 5.63. The highest BCUT2D eigenvalue weighted by molar-refractivity contribution is 5.98. The van der Waals surface area contributed by atoms with Crippen molar-refractivity contribution in [1.82, 2.24) is 0 Å². The number of hydrogen-bond donors (Lipinski definition) is 0. The van der Waals surface area contributed by atoms with Crippen molar-refractivity contribution < 1.29 is 23.9 Å². The van der Waals surface area contributed by atoms with Gasteiger partial charge >= 0.3 is 11.9 Å². The molecule has 0 saturated heterocycles. The number of rotatable bonds is 7. The highest BCUT2D eigenvalue weighted by Gasteiger charge is 2.45. The number of carbonyl (C=O) groups excluding carboxylic acids is 3. The molecular formula is C24H28O5. The first-order valence-corrected chi connectivity index (χ1v) is 10.4. The molecule has 0 aromatic heterocycles. The maximum absolute atomic E-state index is 12.9. The lowest BCUT2D eigenvalue weighted by Crippen LogP contribution is -2.39. The molecule has 154 valence electrons. The average Bonchev–Trinajstić information content (AvgIpc) is 2.72. The van der Waals surface area contributed by atoms with Crippen LogP contribution in [0.15, 0.2) is 42.5 Å². The number of esters is 2. The summed E-state index contributed by atoms with van der Waals surface area (Å²) in [6.07, 6.45) is 2.89. The normalized spacial score (nSPS) is 17.9. The standard InChI is InChI=1S/C24H28O5/c1-3-28-23(26)22(24(27)29-4-2)21(19-11-7-8-12-20(19)25)18-14-13-16-9-5-6-10-17(16)15-18/h5-6,9-10,13-15,19,21-22H,3-4,7-8,11-12H2,1-2H3/t19-,21+/m1/s1. The highest BCUT2D eigenvalue weighted by atomic mass is 16.6. The third kappa shape index (κ3) is 4.66. The number of hydrogen-bond acceptors (Lipinski definition) is 5. The molecule has 1 saturated carbocycles. The van der Waals surface area contributed by atoms with E-state index in [0.717, 1.165) is 29.2 Å². The number of ether oxygens (including phenoxy) is 2. The Balaban J connectivity index is 2.11. The van der Waals surface area contributed by atoms with Gasteiger partial charge in [0.25, 0.3) is 0 Å². The van der Waals surface area contributed by atoms with Gasteiger partial charge in [0.15, 0.2) is 5.92 Å². The molecule has 2 atom stereocenters. The number of benzene rings is 2. The van der Waals surface area contributed by atoms with Crippen molar-refractivity contribution in [2.24, 2.45) is 11.8 Å². The summed E-state index contributed by atoms with van der Waals surface area (Å²) in [6.45, 7) is 3.74. The van der Waals surface area contributed by atoms with Crippen LogP contribution in [0.4, 0.5) is 0 Å². The fraction of sp³-hybridized carbons (Fsp3) is 0.458. The molecule has 0 radical (unpaired) electrons. The van der Waals surface area contributed by atoms with Crippen LogP contribution in [0.1, 0.15) is 51.0 Å². The molecule has 0 amide bonds. The summed E-state index contributed by atoms with van der Waals surface area (Å²) in [7, 11) is 0. The summed E-state index contributed by atoms with van der Waals surface area (Å²) in [5, 5.41) is 2.07. The zero-order valence-electron chi connectivity index (χ0n) is 17.1. The molecule has 29 heavy (non-hydrogen) atoms. The van der Waals surface area contributed by atoms with Crippen LogP contribution >= 0.6 is 0 Å². The van der Waals surface area contributed by atoms with Gasteiger partial charge in [0.05, 0.1) is 13.2 Å². The summed E-state index contributed by atoms with van der Waals surface area (Å²) in [5.41, 5.74) is 0.801. The van der Waals surface area contributed by atoms with Gasteiger partial charge in [-0.1, -0.05) is 48.9 Å². The Morgan fingerprint density at radius 1 is 0.966 bits per heavy atom. The Bertz CT molecular complexity index is 870. The van der Waals surface area contributed by atoms with E-state index in [1.165, 1.54) is 0 Å². The third-order valence-corrected chi connectivity index (χ3v) is 5.63. The first-order chi connectivity index (χ1) is 14.1. The minimum absolute atomic E-state index is 0.105. The number of Topliss-reactive ketones (excluding diaryl/α,β-unsaturated/α-hetero) is 1. The molecule has 3 rings (SSSR count). The average molecular weight is 396 g/mol. The predicted molar refractivity (Wildman–Crippen MR) is 110 cm³/mol. The molecular weight excluding hydrogens is 368 g/mol. The lowest BCUT2D eigenvalue weighted by atomic mass is 9.70. The van der Waals surface area contributed by atoms with Gasteiger partial charge in [0, 0.05) is 18.3 Å². The van der Waals surface area contributed by atoms with Crippen molar-refractivity contribution in [3.63, 3.8) is 0 Å². The van der Waals surface area contributed by atoms with E-state index in [9.17, 15) is 14.4 Å². The molecule has 2 aromatic carbocycles. The van der Waals surface area contributed by atoms with Gasteiger partial charge in [-0.15, -0.1) is 0 Å². The van der Waals surface area contributed by atoms with Crippen LogP contribution in [0.25, 0.3) is 10.8 Å². The van der Waals surface area contributed by atoms with Gasteiger partial charge < -0.3 is 9.47 Å². The fourth-order valence-corrected chi connectivity index (χ4v) is 4.32. The Kier molecular flexibility index (Phi) is 7.02. The molecule has 1 fully saturated rings. The van der Waals surface area contributed by atoms with Crippen LogP contribution in [0.3, 0.4) is 0 Å². The van der Waals surface area contributed by atoms with Crippen LogP contribution in [0.5, 0.6) is 0 Å². The quantitative estimate of drug-likeness (QED) is 0.512. The Morgan fingerprint density at radius 3 is 2.24 bits per heavy atom. The van der Waals surface area contributed by atoms with Crippen LogP contribution in [0, 0.1) is 11.8 Å². The lowest BCUT2D eigenvalue weighted by molar-refractivity contribution is -0.163. The Hall–Kier alpha value is -2.69. The molecule has 5 nitrogen and oxygen atoms in total. The van der Waals surface area contributed by atoms with E-state index in [1.807, 2.05) is 42.5 Å². The smallest absolute Gasteiger partial charge is 0.320 e. The van der Waals surface area contributed by atoms with Gasteiger partial charge in [0.2, 0.25) is 0 Å². The van der Waals surface area contributed by atoms with E-state index >= 15 is 0 Å². The highest BCUT2D eigenvalue weighted by Crippen LogP contribution is 2.41. The molecule has 1 aliphatic carbocycles. The van der Waals surface area contributed by atoms with Crippen molar-refractivity contribution in [1.29, 1.82) is 0 Å². The first kappa shape index (κ1) is 21.0. The number of fused-ring (bicyclic) bond motifs is 1. The van der Waals surface area contributed by atoms with E-state index in [-0.39, 0.29) is 19.0 Å². The van der Waals surface area contributed by atoms with E-state index in [4.69, 9.17) is 9.47 Å². The Labute approximate surface area is 171 Å². The van der Waals surface area contributed by atoms with E-state index < -0.39 is 29.7 Å². The van der Waals surface area contributed by atoms with Gasteiger partial charge in [-0.3, -0.25) is 14.4 Å². The summed E-state index contributed by atoms with van der Waals surface area (Å²) in [6, 6.07) is 13.8. The van der Waals surface area contributed by atoms with Crippen LogP contribution < -0.4 is 0 Å². The zero-order chi connectivity index (χ0) is 20.8. The minimum Gasteiger partial charge on any atom is -0.465 e. The molecule has 0 heterocycles. The van der Waals surface area contributed by atoms with Crippen molar-refractivity contribution in [3.8, 4) is 0 Å². The van der Waals surface area contributed by atoms with Crippen LogP contribution in [-0.2, 0) is 23.9 Å². The SMILES string of the molecule is CCOC(=O)C(C(=O)OCC)[C@@H](c1ccc2ccccc2c1)[C@@H]1CCCCC1=O. The van der Waals surface area contributed by atoms with Gasteiger partial charge in [0.1, 0.15) is 5.78 Å². The van der Waals surface area contributed by atoms with E-state index in [2.05, 4.69) is 0 Å². The van der Waals surface area contributed by atoms with Crippen LogP contribution in [0.2, 0.25) is 0 Å². The second-order valence-electron chi connectivity index (χ2n) is 7.43. The molecule has 2 aromatic rings. The number of ketones is 1. The molecule has 5 heteroatoms. The molecule has 0 bridgehead atoms. The van der Waals surface area contributed by atoms with Crippen molar-refractivity contribution in [2.75, 3.05) is 13.2 Å². The van der Waals surface area contributed by atoms with Gasteiger partial charge in [-0.25, -0.2) is 0 Å². The number of carbonyl (C=O) groups is 3. The van der Waals surface area contributed by atoms with E-state index in [1.54, 1.807) is 13.8 Å². The van der Waals surface area contributed by atoms with Crippen LogP contribution in [-0.4, -0.2) is 30.9 Å². The summed E-state index contributed by atoms with van der Waals surface area (Å²) in [5.74, 6) is -3.28. The maximum Gasteiger partial charge on any atom is 0.320 e. The topological polar surface area (TPSA) is 69.7 Å². The van der Waals surface area contributed by atoms with E-state index in [0.29, 0.717) is 12.8 Å². The minimum atomic E-state index is -1.15. The largest absolute Gasteiger partial charge is 0.465 e. The van der Waals surface area contributed by atoms with Crippen molar-refractivity contribution in [3.05, 3.63) is 48.0 Å². The zero-order valence-corrected chi connectivity index (χ0v) is 17.1. The fourth-order valence-electron chi connectivity index (χ4n) is 4.32. The molecule has 0 spiro atoms. The second-order valence-corrected chi connectivity index (χ2v) is 7.43. The van der Waals surface area contributed by atoms with Crippen molar-refractivity contribution in [2.45, 2.75) is 45.4 Å². The maximum atomic E-state index is 12.9. The molecule has 0 unspecified atom stereocenters.